The maximum Gasteiger partial charge on any atom is 0.303 e. The van der Waals surface area contributed by atoms with E-state index in [1.54, 1.807) is 0 Å². The fourth-order valence-electron chi connectivity index (χ4n) is 1.70. The molecule has 0 bridgehead atoms. The standard InChI is InChI=1S/C16H15NO3S/c18-15(11-12-16(19)20)17-21(13-7-3-1-4-8-13)14-9-5-2-6-10-14/h1-10H,11-12H2,(H,19,20). The number of hydrogen-bond donors (Lipinski definition) is 1. The highest BCUT2D eigenvalue weighted by atomic mass is 32.2. The summed E-state index contributed by atoms with van der Waals surface area (Å²) >= 11 is 0. The Labute approximate surface area is 125 Å². The lowest BCUT2D eigenvalue weighted by molar-refractivity contribution is -0.138. The van der Waals surface area contributed by atoms with Gasteiger partial charge in [0.2, 0.25) is 0 Å². The number of carbonyl (C=O) groups is 2. The Kier molecular flexibility index (Phi) is 5.40. The molecule has 2 aromatic rings. The van der Waals surface area contributed by atoms with Gasteiger partial charge in [-0.2, -0.15) is 4.36 Å². The Balaban J connectivity index is 2.33. The second-order valence-electron chi connectivity index (χ2n) is 4.29. The van der Waals surface area contributed by atoms with Gasteiger partial charge in [-0.05, 0) is 35.0 Å². The van der Waals surface area contributed by atoms with Crippen molar-refractivity contribution in [1.82, 2.24) is 0 Å². The molecule has 1 N–H and O–H groups in total. The number of hydrogen-bond acceptors (Lipinski definition) is 2. The number of carbonyl (C=O) groups excluding carboxylic acids is 1. The highest BCUT2D eigenvalue weighted by Crippen LogP contribution is 2.19. The second kappa shape index (κ2) is 7.50. The predicted octanol–water partition coefficient (Wildman–Crippen LogP) is 3.30. The van der Waals surface area contributed by atoms with Crippen molar-refractivity contribution in [3.8, 4) is 0 Å². The summed E-state index contributed by atoms with van der Waals surface area (Å²) in [5.41, 5.74) is 0. The van der Waals surface area contributed by atoms with Crippen molar-refractivity contribution in [1.29, 1.82) is 0 Å². The minimum absolute atomic E-state index is 0.0709. The van der Waals surface area contributed by atoms with Crippen molar-refractivity contribution in [2.24, 2.45) is 4.36 Å². The van der Waals surface area contributed by atoms with Crippen molar-refractivity contribution in [2.75, 3.05) is 0 Å². The molecular formula is C16H15NO3S. The van der Waals surface area contributed by atoms with Gasteiger partial charge in [-0.15, -0.1) is 0 Å². The molecule has 0 fully saturated rings. The first-order chi connectivity index (χ1) is 10.2. The van der Waals surface area contributed by atoms with E-state index in [4.69, 9.17) is 5.11 Å². The number of nitrogens with zero attached hydrogens (tertiary/aromatic N) is 1. The van der Waals surface area contributed by atoms with Crippen LogP contribution in [-0.2, 0) is 20.3 Å². The molecule has 0 saturated carbocycles. The third kappa shape index (κ3) is 4.65. The summed E-state index contributed by atoms with van der Waals surface area (Å²) in [7, 11) is -0.714. The van der Waals surface area contributed by atoms with Crippen LogP contribution in [0.4, 0.5) is 0 Å². The molecular weight excluding hydrogens is 286 g/mol. The van der Waals surface area contributed by atoms with Crippen LogP contribution in [0.15, 0.2) is 74.8 Å². The topological polar surface area (TPSA) is 66.7 Å². The molecule has 2 rings (SSSR count). The number of rotatable bonds is 5. The van der Waals surface area contributed by atoms with Crippen LogP contribution in [0.1, 0.15) is 12.8 Å². The molecule has 0 aromatic heterocycles. The molecule has 0 unspecified atom stereocenters. The number of amides is 1. The molecule has 0 spiro atoms. The average molecular weight is 301 g/mol. The van der Waals surface area contributed by atoms with E-state index in [1.807, 2.05) is 60.7 Å². The zero-order chi connectivity index (χ0) is 15.1. The highest BCUT2D eigenvalue weighted by Gasteiger charge is 2.09. The Hall–Kier alpha value is -2.27. The molecule has 0 radical (unpaired) electrons. The van der Waals surface area contributed by atoms with Crippen LogP contribution in [0.5, 0.6) is 0 Å². The summed E-state index contributed by atoms with van der Waals surface area (Å²) in [6, 6.07) is 19.1. The fourth-order valence-corrected chi connectivity index (χ4v) is 3.31. The van der Waals surface area contributed by atoms with E-state index in [0.717, 1.165) is 9.79 Å². The summed E-state index contributed by atoms with van der Waals surface area (Å²) < 4.78 is 4.21. The van der Waals surface area contributed by atoms with Crippen molar-refractivity contribution in [2.45, 2.75) is 22.6 Å². The lowest BCUT2D eigenvalue weighted by atomic mass is 10.3. The van der Waals surface area contributed by atoms with Gasteiger partial charge < -0.3 is 5.11 Å². The molecule has 0 aliphatic carbocycles. The Morgan fingerprint density at radius 3 is 1.76 bits per heavy atom. The zero-order valence-electron chi connectivity index (χ0n) is 11.3. The van der Waals surface area contributed by atoms with Crippen LogP contribution in [-0.4, -0.2) is 17.0 Å². The largest absolute Gasteiger partial charge is 0.481 e. The molecule has 0 heterocycles. The molecule has 0 atom stereocenters. The SMILES string of the molecule is O=C(O)CCC(=O)N=S(c1ccccc1)c1ccccc1. The number of carboxylic acid groups (broad SMARTS) is 1. The van der Waals surface area contributed by atoms with E-state index in [2.05, 4.69) is 4.36 Å². The van der Waals surface area contributed by atoms with Gasteiger partial charge in [0.05, 0.1) is 6.42 Å². The monoisotopic (exact) mass is 301 g/mol. The van der Waals surface area contributed by atoms with Gasteiger partial charge in [0.1, 0.15) is 0 Å². The predicted molar refractivity (Wildman–Crippen MR) is 81.1 cm³/mol. The number of carboxylic acids is 1. The average Bonchev–Trinajstić information content (AvgIpc) is 2.52. The quantitative estimate of drug-likeness (QED) is 0.921. The van der Waals surface area contributed by atoms with E-state index in [9.17, 15) is 9.59 Å². The van der Waals surface area contributed by atoms with E-state index < -0.39 is 16.7 Å². The molecule has 108 valence electrons. The molecule has 2 aromatic carbocycles. The fraction of sp³-hybridized carbons (Fsp3) is 0.125. The number of aliphatic carboxylic acids is 1. The van der Waals surface area contributed by atoms with E-state index in [0.29, 0.717) is 0 Å². The van der Waals surface area contributed by atoms with Crippen molar-refractivity contribution in [3.05, 3.63) is 60.7 Å². The van der Waals surface area contributed by atoms with Gasteiger partial charge in [-0.3, -0.25) is 9.59 Å². The maximum atomic E-state index is 11.9. The Morgan fingerprint density at radius 1 is 0.857 bits per heavy atom. The molecule has 4 nitrogen and oxygen atoms in total. The van der Waals surface area contributed by atoms with E-state index in [-0.39, 0.29) is 18.7 Å². The van der Waals surface area contributed by atoms with Gasteiger partial charge in [0, 0.05) is 16.2 Å². The van der Waals surface area contributed by atoms with Crippen molar-refractivity contribution < 1.29 is 14.7 Å². The lowest BCUT2D eigenvalue weighted by Gasteiger charge is -2.08. The molecule has 0 aliphatic heterocycles. The summed E-state index contributed by atoms with van der Waals surface area (Å²) in [5.74, 6) is -1.37. The van der Waals surface area contributed by atoms with E-state index in [1.165, 1.54) is 0 Å². The zero-order valence-corrected chi connectivity index (χ0v) is 12.1. The molecule has 0 aliphatic rings. The van der Waals surface area contributed by atoms with Gasteiger partial charge in [0.25, 0.3) is 5.91 Å². The van der Waals surface area contributed by atoms with Crippen LogP contribution in [0.2, 0.25) is 0 Å². The molecule has 21 heavy (non-hydrogen) atoms. The van der Waals surface area contributed by atoms with Gasteiger partial charge in [-0.1, -0.05) is 36.4 Å². The summed E-state index contributed by atoms with van der Waals surface area (Å²) in [6.07, 6.45) is -0.262. The van der Waals surface area contributed by atoms with Crippen LogP contribution < -0.4 is 0 Å². The van der Waals surface area contributed by atoms with Crippen LogP contribution in [0, 0.1) is 0 Å². The van der Waals surface area contributed by atoms with Crippen LogP contribution in [0.3, 0.4) is 0 Å². The Bertz CT molecular complexity index is 612. The first-order valence-corrected chi connectivity index (χ1v) is 7.66. The van der Waals surface area contributed by atoms with Crippen molar-refractivity contribution >= 4 is 22.6 Å². The number of benzene rings is 2. The van der Waals surface area contributed by atoms with Crippen molar-refractivity contribution in [3.63, 3.8) is 0 Å². The second-order valence-corrected chi connectivity index (χ2v) is 5.98. The third-order valence-electron chi connectivity index (χ3n) is 2.68. The highest BCUT2D eigenvalue weighted by molar-refractivity contribution is 7.87. The third-order valence-corrected chi connectivity index (χ3v) is 4.50. The first-order valence-electron chi connectivity index (χ1n) is 6.47. The van der Waals surface area contributed by atoms with Crippen LogP contribution in [0.25, 0.3) is 0 Å². The molecule has 5 heteroatoms. The van der Waals surface area contributed by atoms with Gasteiger partial charge in [-0.25, -0.2) is 0 Å². The summed E-state index contributed by atoms with van der Waals surface area (Å²) in [5, 5.41) is 8.64. The smallest absolute Gasteiger partial charge is 0.303 e. The maximum absolute atomic E-state index is 11.9. The Morgan fingerprint density at radius 2 is 1.33 bits per heavy atom. The van der Waals surface area contributed by atoms with Gasteiger partial charge >= 0.3 is 5.97 Å². The van der Waals surface area contributed by atoms with Gasteiger partial charge in [0.15, 0.2) is 0 Å². The summed E-state index contributed by atoms with van der Waals surface area (Å²) in [6.45, 7) is 0. The normalized spacial score (nSPS) is 10.3. The molecule has 1 amide bonds. The lowest BCUT2D eigenvalue weighted by Crippen LogP contribution is -2.03. The minimum Gasteiger partial charge on any atom is -0.481 e. The van der Waals surface area contributed by atoms with E-state index >= 15 is 0 Å². The van der Waals surface area contributed by atoms with Crippen LogP contribution >= 0.6 is 0 Å². The molecule has 0 saturated heterocycles. The minimum atomic E-state index is -0.988. The summed E-state index contributed by atoms with van der Waals surface area (Å²) in [4.78, 5) is 24.3. The first kappa shape index (κ1) is 15.1.